The van der Waals surface area contributed by atoms with Crippen molar-refractivity contribution in [3.8, 4) is 11.1 Å². The summed E-state index contributed by atoms with van der Waals surface area (Å²) in [6.45, 7) is 0.287. The molecule has 0 atom stereocenters. The van der Waals surface area contributed by atoms with Crippen LogP contribution in [0.15, 0.2) is 53.0 Å². The lowest BCUT2D eigenvalue weighted by Crippen LogP contribution is -2.55. The number of hydrogen-bond acceptors (Lipinski definition) is 3. The Morgan fingerprint density at radius 3 is 2.17 bits per heavy atom. The minimum atomic E-state index is -1.33. The number of carboxylic acid groups (broad SMARTS) is 2. The molecule has 2 aromatic carbocycles. The van der Waals surface area contributed by atoms with Crippen molar-refractivity contribution in [3.63, 3.8) is 0 Å². The molecule has 24 heavy (non-hydrogen) atoms. The van der Waals surface area contributed by atoms with Crippen LogP contribution in [0.1, 0.15) is 5.56 Å². The smallest absolute Gasteiger partial charge is 0.407 e. The van der Waals surface area contributed by atoms with Gasteiger partial charge in [-0.2, -0.15) is 0 Å². The van der Waals surface area contributed by atoms with Crippen molar-refractivity contribution in [2.75, 3.05) is 0 Å². The van der Waals surface area contributed by atoms with E-state index in [2.05, 4.69) is 21.2 Å². The van der Waals surface area contributed by atoms with Crippen LogP contribution in [0, 0.1) is 0 Å². The normalized spacial score (nSPS) is 10.4. The molecule has 2 rings (SSSR count). The van der Waals surface area contributed by atoms with Crippen molar-refractivity contribution < 1.29 is 19.8 Å². The second-order valence-electron chi connectivity index (χ2n) is 4.92. The maximum atomic E-state index is 10.7. The third kappa shape index (κ3) is 5.56. The largest absolute Gasteiger partial charge is 0.465 e. The zero-order chi connectivity index (χ0) is 17.5. The van der Waals surface area contributed by atoms with Crippen LogP contribution in [0.4, 0.5) is 9.59 Å². The van der Waals surface area contributed by atoms with Gasteiger partial charge in [0.05, 0.1) is 0 Å². The molecule has 0 unspecified atom stereocenters. The number of rotatable bonds is 6. The average molecular weight is 394 g/mol. The Kier molecular flexibility index (Phi) is 6.16. The zero-order valence-corrected chi connectivity index (χ0v) is 14.1. The van der Waals surface area contributed by atoms with Gasteiger partial charge >= 0.3 is 12.2 Å². The highest BCUT2D eigenvalue weighted by Crippen LogP contribution is 2.22. The summed E-state index contributed by atoms with van der Waals surface area (Å²) in [4.78, 5) is 21.4. The highest BCUT2D eigenvalue weighted by molar-refractivity contribution is 9.10. The molecule has 0 saturated heterocycles. The molecule has 0 aliphatic rings. The van der Waals surface area contributed by atoms with Gasteiger partial charge in [-0.1, -0.05) is 46.3 Å². The summed E-state index contributed by atoms with van der Waals surface area (Å²) in [5, 5.41) is 24.3. The fourth-order valence-electron chi connectivity index (χ4n) is 2.11. The number of nitrogens with one attached hydrogen (secondary N) is 3. The summed E-state index contributed by atoms with van der Waals surface area (Å²) in [6.07, 6.45) is -3.76. The minimum absolute atomic E-state index is 0.287. The summed E-state index contributed by atoms with van der Waals surface area (Å²) in [5.41, 5.74) is 2.94. The van der Waals surface area contributed by atoms with Gasteiger partial charge in [-0.3, -0.25) is 16.0 Å². The zero-order valence-electron chi connectivity index (χ0n) is 12.5. The Hall–Kier alpha value is -2.58. The lowest BCUT2D eigenvalue weighted by molar-refractivity contribution is 0.170. The fraction of sp³-hybridized carbons (Fsp3) is 0.125. The minimum Gasteiger partial charge on any atom is -0.465 e. The van der Waals surface area contributed by atoms with Gasteiger partial charge in [0.1, 0.15) is 0 Å². The van der Waals surface area contributed by atoms with Gasteiger partial charge in [-0.15, -0.1) is 0 Å². The second-order valence-corrected chi connectivity index (χ2v) is 5.84. The number of halogens is 1. The second kappa shape index (κ2) is 8.32. The van der Waals surface area contributed by atoms with Crippen LogP contribution in [-0.2, 0) is 6.54 Å². The standard InChI is InChI=1S/C16H16BrN3O4/c17-13-6-4-11(5-7-13)12-3-1-2-10(8-12)9-18-14(19-15(21)22)20-16(23)24/h1-8,14,18-20H,9H2,(H,21,22)(H,23,24). The van der Waals surface area contributed by atoms with Gasteiger partial charge in [-0.25, -0.2) is 9.59 Å². The molecule has 0 saturated carbocycles. The van der Waals surface area contributed by atoms with E-state index in [9.17, 15) is 9.59 Å². The lowest BCUT2D eigenvalue weighted by Gasteiger charge is -2.18. The Labute approximate surface area is 146 Å². The molecule has 0 fully saturated rings. The number of carbonyl (C=O) groups is 2. The first-order valence-corrected chi connectivity index (χ1v) is 7.80. The molecule has 0 spiro atoms. The summed E-state index contributed by atoms with van der Waals surface area (Å²) in [6, 6.07) is 15.5. The van der Waals surface area contributed by atoms with Crippen LogP contribution < -0.4 is 16.0 Å². The fourth-order valence-corrected chi connectivity index (χ4v) is 2.37. The third-order valence-electron chi connectivity index (χ3n) is 3.15. The van der Waals surface area contributed by atoms with E-state index in [1.54, 1.807) is 0 Å². The van der Waals surface area contributed by atoms with Gasteiger partial charge < -0.3 is 10.2 Å². The summed E-state index contributed by atoms with van der Waals surface area (Å²) in [7, 11) is 0. The van der Waals surface area contributed by atoms with Crippen molar-refractivity contribution in [2.45, 2.75) is 12.8 Å². The molecule has 0 aliphatic heterocycles. The SMILES string of the molecule is O=C(O)NC(NCc1cccc(-c2ccc(Br)cc2)c1)NC(=O)O. The first kappa shape index (κ1) is 17.8. The molecular weight excluding hydrogens is 378 g/mol. The molecule has 2 aromatic rings. The molecule has 8 heteroatoms. The number of amides is 2. The van der Waals surface area contributed by atoms with Crippen LogP contribution in [-0.4, -0.2) is 28.7 Å². The quantitative estimate of drug-likeness (QED) is 0.484. The van der Waals surface area contributed by atoms with E-state index in [-0.39, 0.29) is 6.54 Å². The molecule has 0 aliphatic carbocycles. The van der Waals surface area contributed by atoms with E-state index in [0.29, 0.717) is 0 Å². The predicted octanol–water partition coefficient (Wildman–Crippen LogP) is 3.02. The Balaban J connectivity index is 2.06. The summed E-state index contributed by atoms with van der Waals surface area (Å²) < 4.78 is 0.992. The van der Waals surface area contributed by atoms with Gasteiger partial charge in [0.2, 0.25) is 0 Å². The number of hydrogen-bond donors (Lipinski definition) is 5. The van der Waals surface area contributed by atoms with Crippen molar-refractivity contribution in [2.24, 2.45) is 0 Å². The Bertz CT molecular complexity index is 706. The summed E-state index contributed by atoms with van der Waals surface area (Å²) >= 11 is 3.39. The topological polar surface area (TPSA) is 111 Å². The molecule has 2 amide bonds. The third-order valence-corrected chi connectivity index (χ3v) is 3.68. The van der Waals surface area contributed by atoms with Crippen LogP contribution in [0.5, 0.6) is 0 Å². The molecule has 0 heterocycles. The molecule has 7 nitrogen and oxygen atoms in total. The van der Waals surface area contributed by atoms with Crippen LogP contribution in [0.2, 0.25) is 0 Å². The maximum absolute atomic E-state index is 10.7. The molecule has 0 aromatic heterocycles. The van der Waals surface area contributed by atoms with Gasteiger partial charge in [0.25, 0.3) is 0 Å². The molecular formula is C16H16BrN3O4. The molecule has 0 bridgehead atoms. The molecule has 5 N–H and O–H groups in total. The monoisotopic (exact) mass is 393 g/mol. The van der Waals surface area contributed by atoms with Crippen molar-refractivity contribution in [1.82, 2.24) is 16.0 Å². The van der Waals surface area contributed by atoms with Crippen LogP contribution in [0.25, 0.3) is 11.1 Å². The van der Waals surface area contributed by atoms with E-state index >= 15 is 0 Å². The first-order valence-electron chi connectivity index (χ1n) is 7.01. The highest BCUT2D eigenvalue weighted by atomic mass is 79.9. The van der Waals surface area contributed by atoms with E-state index in [4.69, 9.17) is 10.2 Å². The van der Waals surface area contributed by atoms with Gasteiger partial charge in [-0.05, 0) is 34.9 Å². The summed E-state index contributed by atoms with van der Waals surface area (Å²) in [5.74, 6) is 0. The van der Waals surface area contributed by atoms with E-state index in [0.717, 1.165) is 21.2 Å². The lowest BCUT2D eigenvalue weighted by atomic mass is 10.0. The number of benzene rings is 2. The van der Waals surface area contributed by atoms with E-state index in [1.807, 2.05) is 59.2 Å². The van der Waals surface area contributed by atoms with Crippen molar-refractivity contribution in [3.05, 3.63) is 58.6 Å². The molecule has 126 valence electrons. The van der Waals surface area contributed by atoms with Crippen molar-refractivity contribution in [1.29, 1.82) is 0 Å². The Morgan fingerprint density at radius 2 is 1.58 bits per heavy atom. The maximum Gasteiger partial charge on any atom is 0.407 e. The first-order chi connectivity index (χ1) is 11.4. The molecule has 0 radical (unpaired) electrons. The van der Waals surface area contributed by atoms with E-state index in [1.165, 1.54) is 0 Å². The van der Waals surface area contributed by atoms with Gasteiger partial charge in [0, 0.05) is 11.0 Å². The van der Waals surface area contributed by atoms with Crippen LogP contribution >= 0.6 is 15.9 Å². The Morgan fingerprint density at radius 1 is 0.958 bits per heavy atom. The van der Waals surface area contributed by atoms with Crippen molar-refractivity contribution >= 4 is 28.1 Å². The van der Waals surface area contributed by atoms with Crippen LogP contribution in [0.3, 0.4) is 0 Å². The highest BCUT2D eigenvalue weighted by Gasteiger charge is 2.12. The predicted molar refractivity (Wildman–Crippen MR) is 92.5 cm³/mol. The van der Waals surface area contributed by atoms with E-state index < -0.39 is 18.5 Å². The van der Waals surface area contributed by atoms with Gasteiger partial charge in [0.15, 0.2) is 6.29 Å². The average Bonchev–Trinajstić information content (AvgIpc) is 2.52.